The summed E-state index contributed by atoms with van der Waals surface area (Å²) in [6, 6.07) is 1.79. The molecule has 0 fully saturated rings. The fraction of sp³-hybridized carbons (Fsp3) is 0.308. The van der Waals surface area contributed by atoms with Gasteiger partial charge in [0.15, 0.2) is 6.33 Å². The first-order valence-electron chi connectivity index (χ1n) is 6.02. The summed E-state index contributed by atoms with van der Waals surface area (Å²) < 4.78 is 4.84. The van der Waals surface area contributed by atoms with Crippen LogP contribution in [0.2, 0.25) is 0 Å². The van der Waals surface area contributed by atoms with E-state index in [1.54, 1.807) is 6.07 Å². The average Bonchev–Trinajstić information content (AvgIpc) is 3.10. The summed E-state index contributed by atoms with van der Waals surface area (Å²) in [6.07, 6.45) is 2.21. The number of aliphatic hydroxyl groups excluding tert-OH is 1. The topological polar surface area (TPSA) is 88.3 Å². The Morgan fingerprint density at radius 2 is 2.45 bits per heavy atom. The van der Waals surface area contributed by atoms with Crippen molar-refractivity contribution in [1.82, 2.24) is 15.5 Å². The van der Waals surface area contributed by atoms with Gasteiger partial charge in [-0.05, 0) is 11.4 Å². The Balaban J connectivity index is 1.89. The van der Waals surface area contributed by atoms with Gasteiger partial charge in [0.1, 0.15) is 4.88 Å². The lowest BCUT2D eigenvalue weighted by molar-refractivity contribution is 0.0957. The molecule has 0 bridgehead atoms. The third-order valence-electron chi connectivity index (χ3n) is 2.36. The molecule has 0 aromatic carbocycles. The first-order valence-corrected chi connectivity index (χ1v) is 6.90. The Bertz CT molecular complexity index is 610. The maximum Gasteiger partial charge on any atom is 0.262 e. The molecule has 2 rings (SSSR count). The molecule has 7 heteroatoms. The zero-order chi connectivity index (χ0) is 14.2. The van der Waals surface area contributed by atoms with Gasteiger partial charge in [-0.15, -0.1) is 11.3 Å². The number of aromatic nitrogens is 2. The van der Waals surface area contributed by atoms with Gasteiger partial charge in [0.2, 0.25) is 5.89 Å². The van der Waals surface area contributed by atoms with E-state index < -0.39 is 0 Å². The minimum absolute atomic E-state index is 0.0167. The Morgan fingerprint density at radius 3 is 3.20 bits per heavy atom. The number of nitrogens with zero attached hydrogens (tertiary/aromatic N) is 2. The summed E-state index contributed by atoms with van der Waals surface area (Å²) in [4.78, 5) is 16.4. The molecule has 0 atom stereocenters. The first-order chi connectivity index (χ1) is 9.81. The van der Waals surface area contributed by atoms with Gasteiger partial charge in [-0.1, -0.05) is 17.0 Å². The van der Waals surface area contributed by atoms with Crippen LogP contribution in [0.15, 0.2) is 22.3 Å². The van der Waals surface area contributed by atoms with Crippen LogP contribution in [0.3, 0.4) is 0 Å². The molecule has 104 valence electrons. The van der Waals surface area contributed by atoms with Crippen molar-refractivity contribution in [3.05, 3.63) is 34.1 Å². The second-order valence-corrected chi connectivity index (χ2v) is 4.70. The highest BCUT2D eigenvalue weighted by Gasteiger charge is 2.11. The molecule has 2 aromatic heterocycles. The van der Waals surface area contributed by atoms with Crippen molar-refractivity contribution < 1.29 is 14.4 Å². The minimum Gasteiger partial charge on any atom is -0.395 e. The maximum absolute atomic E-state index is 12.0. The second-order valence-electron chi connectivity index (χ2n) is 3.78. The molecule has 0 aliphatic rings. The number of aliphatic hydroxyl groups is 1. The van der Waals surface area contributed by atoms with Gasteiger partial charge >= 0.3 is 0 Å². The van der Waals surface area contributed by atoms with Crippen LogP contribution in [-0.2, 0) is 6.42 Å². The van der Waals surface area contributed by atoms with Gasteiger partial charge in [-0.2, -0.15) is 4.98 Å². The van der Waals surface area contributed by atoms with Crippen LogP contribution in [0.5, 0.6) is 0 Å². The smallest absolute Gasteiger partial charge is 0.262 e. The highest BCUT2D eigenvalue weighted by atomic mass is 32.1. The van der Waals surface area contributed by atoms with E-state index in [-0.39, 0.29) is 12.5 Å². The van der Waals surface area contributed by atoms with E-state index in [0.29, 0.717) is 35.7 Å². The number of amides is 1. The molecule has 0 spiro atoms. The van der Waals surface area contributed by atoms with Crippen LogP contribution in [0.4, 0.5) is 0 Å². The monoisotopic (exact) mass is 291 g/mol. The van der Waals surface area contributed by atoms with Crippen molar-refractivity contribution in [2.24, 2.45) is 0 Å². The highest BCUT2D eigenvalue weighted by molar-refractivity contribution is 7.12. The van der Waals surface area contributed by atoms with Crippen LogP contribution < -0.4 is 5.32 Å². The predicted octanol–water partition coefficient (Wildman–Crippen LogP) is 0.837. The molecule has 0 aliphatic heterocycles. The van der Waals surface area contributed by atoms with Crippen molar-refractivity contribution >= 4 is 17.2 Å². The summed E-state index contributed by atoms with van der Waals surface area (Å²) >= 11 is 1.34. The van der Waals surface area contributed by atoms with Crippen LogP contribution >= 0.6 is 11.3 Å². The molecule has 2 aromatic rings. The number of carbonyl (C=O) groups excluding carboxylic acids is 1. The summed E-state index contributed by atoms with van der Waals surface area (Å²) in [5.41, 5.74) is 0.679. The largest absolute Gasteiger partial charge is 0.395 e. The molecule has 2 N–H and O–H groups in total. The van der Waals surface area contributed by atoms with E-state index >= 15 is 0 Å². The lowest BCUT2D eigenvalue weighted by Gasteiger charge is -2.01. The average molecular weight is 291 g/mol. The van der Waals surface area contributed by atoms with Crippen molar-refractivity contribution in [2.75, 3.05) is 13.2 Å². The second kappa shape index (κ2) is 7.43. The van der Waals surface area contributed by atoms with Crippen LogP contribution in [-0.4, -0.2) is 34.3 Å². The van der Waals surface area contributed by atoms with Gasteiger partial charge in [0.05, 0.1) is 6.61 Å². The SMILES string of the molecule is O=C(NCCc1ncno1)c1sccc1C#CCCO. The highest BCUT2D eigenvalue weighted by Crippen LogP contribution is 2.15. The molecule has 20 heavy (non-hydrogen) atoms. The number of thiophene rings is 1. The van der Waals surface area contributed by atoms with E-state index in [9.17, 15) is 4.79 Å². The normalized spacial score (nSPS) is 9.85. The van der Waals surface area contributed by atoms with Gasteiger partial charge in [-0.25, -0.2) is 0 Å². The maximum atomic E-state index is 12.0. The fourth-order valence-corrected chi connectivity index (χ4v) is 2.23. The van der Waals surface area contributed by atoms with E-state index in [1.165, 1.54) is 17.7 Å². The van der Waals surface area contributed by atoms with E-state index in [2.05, 4.69) is 27.3 Å². The molecular formula is C13H13N3O3S. The Kier molecular flexibility index (Phi) is 5.29. The van der Waals surface area contributed by atoms with Gasteiger partial charge in [0.25, 0.3) is 5.91 Å². The molecule has 6 nitrogen and oxygen atoms in total. The predicted molar refractivity (Wildman–Crippen MR) is 73.2 cm³/mol. The summed E-state index contributed by atoms with van der Waals surface area (Å²) in [5, 5.41) is 16.8. The van der Waals surface area contributed by atoms with Crippen molar-refractivity contribution in [3.8, 4) is 11.8 Å². The van der Waals surface area contributed by atoms with E-state index in [4.69, 9.17) is 9.63 Å². The third-order valence-corrected chi connectivity index (χ3v) is 3.28. The van der Waals surface area contributed by atoms with E-state index in [1.807, 2.05) is 5.38 Å². The first kappa shape index (κ1) is 14.2. The number of hydrogen-bond acceptors (Lipinski definition) is 6. The molecule has 1 amide bonds. The van der Waals surface area contributed by atoms with Crippen molar-refractivity contribution in [3.63, 3.8) is 0 Å². The molecule has 0 unspecified atom stereocenters. The lowest BCUT2D eigenvalue weighted by Crippen LogP contribution is -2.25. The van der Waals surface area contributed by atoms with Crippen LogP contribution in [0, 0.1) is 11.8 Å². The summed E-state index contributed by atoms with van der Waals surface area (Å²) in [7, 11) is 0. The Morgan fingerprint density at radius 1 is 1.55 bits per heavy atom. The standard InChI is InChI=1S/C13H13N3O3S/c17-7-2-1-3-10-5-8-20-12(10)13(18)14-6-4-11-15-9-16-19-11/h5,8-9,17H,2,4,6-7H2,(H,14,18). The zero-order valence-electron chi connectivity index (χ0n) is 10.6. The Hall–Kier alpha value is -2.17. The molecular weight excluding hydrogens is 278 g/mol. The summed E-state index contributed by atoms with van der Waals surface area (Å²) in [6.45, 7) is 0.436. The van der Waals surface area contributed by atoms with E-state index in [0.717, 1.165) is 0 Å². The third kappa shape index (κ3) is 3.91. The Labute approximate surface area is 119 Å². The van der Waals surface area contributed by atoms with Gasteiger partial charge in [0, 0.05) is 24.9 Å². The summed E-state index contributed by atoms with van der Waals surface area (Å²) in [5.74, 6) is 5.99. The van der Waals surface area contributed by atoms with Crippen molar-refractivity contribution in [1.29, 1.82) is 0 Å². The fourth-order valence-electron chi connectivity index (χ4n) is 1.47. The molecule has 0 aliphatic carbocycles. The number of carbonyl (C=O) groups is 1. The zero-order valence-corrected chi connectivity index (χ0v) is 11.4. The van der Waals surface area contributed by atoms with Crippen molar-refractivity contribution in [2.45, 2.75) is 12.8 Å². The molecule has 0 saturated carbocycles. The minimum atomic E-state index is -0.173. The van der Waals surface area contributed by atoms with Crippen LogP contribution in [0.1, 0.15) is 27.5 Å². The molecule has 2 heterocycles. The quantitative estimate of drug-likeness (QED) is 0.797. The van der Waals surface area contributed by atoms with Gasteiger partial charge < -0.3 is 14.9 Å². The molecule has 0 saturated heterocycles. The lowest BCUT2D eigenvalue weighted by atomic mass is 10.2. The molecule has 0 radical (unpaired) electrons. The number of hydrogen-bond donors (Lipinski definition) is 2. The van der Waals surface area contributed by atoms with Gasteiger partial charge in [-0.3, -0.25) is 4.79 Å². The number of rotatable bonds is 5. The number of nitrogens with one attached hydrogen (secondary N) is 1. The van der Waals surface area contributed by atoms with Crippen LogP contribution in [0.25, 0.3) is 0 Å².